The molecular formula is C32H30N4O4. The van der Waals surface area contributed by atoms with Gasteiger partial charge in [0.15, 0.2) is 11.5 Å². The minimum Gasteiger partial charge on any atom is -0.497 e. The Kier molecular flexibility index (Phi) is 6.59. The molecule has 0 aliphatic carbocycles. The van der Waals surface area contributed by atoms with Gasteiger partial charge in [-0.25, -0.2) is 14.5 Å². The van der Waals surface area contributed by atoms with Gasteiger partial charge in [-0.15, -0.1) is 5.10 Å². The minimum atomic E-state index is 0.230. The predicted molar refractivity (Wildman–Crippen MR) is 154 cm³/mol. The van der Waals surface area contributed by atoms with Crippen LogP contribution in [0.2, 0.25) is 0 Å². The zero-order valence-electron chi connectivity index (χ0n) is 23.1. The van der Waals surface area contributed by atoms with Crippen LogP contribution in [0.25, 0.3) is 39.2 Å². The molecule has 6 aromatic rings. The molecular weight excluding hydrogens is 504 g/mol. The van der Waals surface area contributed by atoms with Gasteiger partial charge >= 0.3 is 0 Å². The van der Waals surface area contributed by atoms with Crippen LogP contribution < -0.4 is 14.2 Å². The van der Waals surface area contributed by atoms with Crippen molar-refractivity contribution >= 4 is 16.7 Å². The third kappa shape index (κ3) is 4.62. The van der Waals surface area contributed by atoms with Crippen LogP contribution in [0.1, 0.15) is 36.7 Å². The van der Waals surface area contributed by atoms with Crippen LogP contribution >= 0.6 is 0 Å². The largest absolute Gasteiger partial charge is 0.497 e. The summed E-state index contributed by atoms with van der Waals surface area (Å²) < 4.78 is 25.0. The minimum absolute atomic E-state index is 0.230. The molecule has 0 atom stereocenters. The molecule has 3 aromatic heterocycles. The average Bonchev–Trinajstić information content (AvgIpc) is 3.57. The van der Waals surface area contributed by atoms with Crippen molar-refractivity contribution in [2.75, 3.05) is 14.2 Å². The topological polar surface area (TPSA) is 83.9 Å². The summed E-state index contributed by atoms with van der Waals surface area (Å²) >= 11 is 0. The fourth-order valence-corrected chi connectivity index (χ4v) is 4.87. The summed E-state index contributed by atoms with van der Waals surface area (Å²) in [5.41, 5.74) is 6.13. The van der Waals surface area contributed by atoms with Gasteiger partial charge in [0, 0.05) is 11.1 Å². The van der Waals surface area contributed by atoms with Crippen LogP contribution in [0.5, 0.6) is 17.2 Å². The van der Waals surface area contributed by atoms with Crippen LogP contribution in [-0.4, -0.2) is 33.8 Å². The summed E-state index contributed by atoms with van der Waals surface area (Å²) in [7, 11) is 3.30. The van der Waals surface area contributed by atoms with Gasteiger partial charge < -0.3 is 18.6 Å². The van der Waals surface area contributed by atoms with Crippen LogP contribution in [-0.2, 0) is 6.61 Å². The highest BCUT2D eigenvalue weighted by Crippen LogP contribution is 2.42. The molecule has 0 fully saturated rings. The first-order valence-corrected chi connectivity index (χ1v) is 13.1. The Morgan fingerprint density at radius 1 is 0.875 bits per heavy atom. The fraction of sp³-hybridized carbons (Fsp3) is 0.219. The third-order valence-corrected chi connectivity index (χ3v) is 6.95. The number of benzene rings is 3. The van der Waals surface area contributed by atoms with Gasteiger partial charge in [-0.1, -0.05) is 38.1 Å². The van der Waals surface area contributed by atoms with E-state index in [1.54, 1.807) is 25.1 Å². The second-order valence-electron chi connectivity index (χ2n) is 9.97. The van der Waals surface area contributed by atoms with E-state index in [9.17, 15) is 0 Å². The number of hydrogen-bond acceptors (Lipinski definition) is 7. The van der Waals surface area contributed by atoms with E-state index in [1.807, 2.05) is 48.5 Å². The number of rotatable bonds is 8. The third-order valence-electron chi connectivity index (χ3n) is 6.95. The molecule has 40 heavy (non-hydrogen) atoms. The van der Waals surface area contributed by atoms with Crippen molar-refractivity contribution in [1.29, 1.82) is 0 Å². The quantitative estimate of drug-likeness (QED) is 0.204. The number of aryl methyl sites for hydroxylation is 1. The lowest BCUT2D eigenvalue weighted by atomic mass is 9.99. The Balaban J connectivity index is 1.47. The molecule has 6 rings (SSSR count). The van der Waals surface area contributed by atoms with Crippen LogP contribution in [0.3, 0.4) is 0 Å². The molecule has 0 unspecified atom stereocenters. The molecule has 0 radical (unpaired) electrons. The van der Waals surface area contributed by atoms with E-state index in [4.69, 9.17) is 23.6 Å². The molecule has 0 amide bonds. The van der Waals surface area contributed by atoms with Gasteiger partial charge in [0.05, 0.1) is 19.6 Å². The van der Waals surface area contributed by atoms with Gasteiger partial charge in [0.1, 0.15) is 35.9 Å². The fourth-order valence-electron chi connectivity index (χ4n) is 4.87. The smallest absolute Gasteiger partial charge is 0.232 e. The van der Waals surface area contributed by atoms with E-state index in [0.29, 0.717) is 28.9 Å². The van der Waals surface area contributed by atoms with Gasteiger partial charge in [0.2, 0.25) is 5.71 Å². The molecule has 0 aliphatic rings. The summed E-state index contributed by atoms with van der Waals surface area (Å²) in [5.74, 6) is 3.96. The van der Waals surface area contributed by atoms with Crippen molar-refractivity contribution in [2.45, 2.75) is 33.3 Å². The molecule has 0 saturated heterocycles. The summed E-state index contributed by atoms with van der Waals surface area (Å²) in [6, 6.07) is 21.9. The number of fused-ring (bicyclic) bond motifs is 3. The summed E-state index contributed by atoms with van der Waals surface area (Å²) in [4.78, 5) is 9.48. The maximum Gasteiger partial charge on any atom is 0.232 e. The van der Waals surface area contributed by atoms with E-state index >= 15 is 0 Å². The lowest BCUT2D eigenvalue weighted by Gasteiger charge is -2.13. The van der Waals surface area contributed by atoms with E-state index in [0.717, 1.165) is 50.5 Å². The highest BCUT2D eigenvalue weighted by atomic mass is 16.5. The van der Waals surface area contributed by atoms with E-state index < -0.39 is 0 Å². The van der Waals surface area contributed by atoms with Gasteiger partial charge in [-0.2, -0.15) is 0 Å². The molecule has 202 valence electrons. The number of hydrogen-bond donors (Lipinski definition) is 0. The number of nitrogens with zero attached hydrogens (tertiary/aromatic N) is 4. The predicted octanol–water partition coefficient (Wildman–Crippen LogP) is 7.23. The Morgan fingerprint density at radius 3 is 2.20 bits per heavy atom. The zero-order valence-corrected chi connectivity index (χ0v) is 23.1. The van der Waals surface area contributed by atoms with E-state index in [2.05, 4.69) is 49.1 Å². The molecule has 0 bridgehead atoms. The lowest BCUT2D eigenvalue weighted by molar-refractivity contribution is 0.291. The normalized spacial score (nSPS) is 11.4. The Morgan fingerprint density at radius 2 is 1.55 bits per heavy atom. The lowest BCUT2D eigenvalue weighted by Crippen LogP contribution is -2.02. The molecule has 0 N–H and O–H groups in total. The molecule has 3 heterocycles. The highest BCUT2D eigenvalue weighted by molar-refractivity contribution is 6.07. The van der Waals surface area contributed by atoms with Gasteiger partial charge in [-0.3, -0.25) is 0 Å². The molecule has 8 nitrogen and oxygen atoms in total. The first-order chi connectivity index (χ1) is 19.4. The van der Waals surface area contributed by atoms with Crippen molar-refractivity contribution in [3.05, 3.63) is 90.0 Å². The SMILES string of the molecule is COc1ccc(-c2oc3ncn4nc(COc5cc(C)ccc5C(C)C)nc4c3c2-c2ccc(OC)cc2)cc1. The van der Waals surface area contributed by atoms with Gasteiger partial charge in [0.25, 0.3) is 0 Å². The van der Waals surface area contributed by atoms with Crippen molar-refractivity contribution in [3.63, 3.8) is 0 Å². The van der Waals surface area contributed by atoms with E-state index in [1.165, 1.54) is 0 Å². The summed E-state index contributed by atoms with van der Waals surface area (Å²) in [6.45, 7) is 6.60. The van der Waals surface area contributed by atoms with Crippen LogP contribution in [0.15, 0.2) is 77.5 Å². The zero-order chi connectivity index (χ0) is 27.8. The first kappa shape index (κ1) is 25.4. The number of ether oxygens (including phenoxy) is 3. The summed E-state index contributed by atoms with van der Waals surface area (Å²) in [5, 5.41) is 5.46. The molecule has 0 spiro atoms. The van der Waals surface area contributed by atoms with Gasteiger partial charge in [-0.05, 0) is 72.0 Å². The number of furan rings is 1. The van der Waals surface area contributed by atoms with Crippen LogP contribution in [0, 0.1) is 6.92 Å². The molecule has 0 aliphatic heterocycles. The molecule has 3 aromatic carbocycles. The Labute approximate surface area is 232 Å². The number of aromatic nitrogens is 4. The van der Waals surface area contributed by atoms with Crippen molar-refractivity contribution in [2.24, 2.45) is 0 Å². The average molecular weight is 535 g/mol. The highest BCUT2D eigenvalue weighted by Gasteiger charge is 2.23. The molecule has 0 saturated carbocycles. The monoisotopic (exact) mass is 534 g/mol. The second kappa shape index (κ2) is 10.4. The summed E-state index contributed by atoms with van der Waals surface area (Å²) in [6.07, 6.45) is 1.62. The van der Waals surface area contributed by atoms with Crippen molar-refractivity contribution in [1.82, 2.24) is 19.6 Å². The first-order valence-electron chi connectivity index (χ1n) is 13.1. The maximum atomic E-state index is 6.38. The number of methoxy groups -OCH3 is 2. The van der Waals surface area contributed by atoms with E-state index in [-0.39, 0.29) is 6.61 Å². The second-order valence-corrected chi connectivity index (χ2v) is 9.97. The Bertz CT molecular complexity index is 1800. The van der Waals surface area contributed by atoms with Crippen LogP contribution in [0.4, 0.5) is 0 Å². The maximum absolute atomic E-state index is 6.38. The van der Waals surface area contributed by atoms with Crippen molar-refractivity contribution in [3.8, 4) is 39.7 Å². The standard InChI is InChI=1S/C32H30N4O4/c1-19(2)25-15-6-20(3)16-26(25)39-17-27-34-31-29-28(21-7-11-23(37-4)12-8-21)30(22-9-13-24(38-5)14-10-22)40-32(29)33-18-36(31)35-27/h6-16,18-19H,17H2,1-5H3. The van der Waals surface area contributed by atoms with Crippen molar-refractivity contribution < 1.29 is 18.6 Å². The molecule has 8 heteroatoms. The Hall–Kier alpha value is -4.85.